The first-order valence-corrected chi connectivity index (χ1v) is 2.92. The Morgan fingerprint density at radius 1 is 1.40 bits per heavy atom. The molecule has 0 aromatic rings. The first-order chi connectivity index (χ1) is 4.18. The van der Waals surface area contributed by atoms with Crippen LogP contribution in [0.4, 0.5) is 0 Å². The molecule has 0 aromatic carbocycles. The molecule has 0 heterocycles. The Morgan fingerprint density at radius 3 is 2.20 bits per heavy atom. The van der Waals surface area contributed by atoms with Crippen LogP contribution < -0.4 is 56.5 Å². The molecule has 0 amide bonds. The summed E-state index contributed by atoms with van der Waals surface area (Å²) < 4.78 is 0. The monoisotopic (exact) mass is 168 g/mol. The van der Waals surface area contributed by atoms with Crippen molar-refractivity contribution in [1.82, 2.24) is 0 Å². The second-order valence-corrected chi connectivity index (χ2v) is 1.81. The van der Waals surface area contributed by atoms with Gasteiger partial charge in [0.2, 0.25) is 0 Å². The van der Waals surface area contributed by atoms with Gasteiger partial charge in [-0.1, -0.05) is 13.3 Å². The minimum Gasteiger partial charge on any atom is -0.542 e. The maximum absolute atomic E-state index is 10.2. The van der Waals surface area contributed by atoms with Gasteiger partial charge in [0.25, 0.3) is 0 Å². The zero-order valence-corrected chi connectivity index (χ0v) is 9.47. The van der Waals surface area contributed by atoms with Crippen molar-refractivity contribution in [2.45, 2.75) is 26.2 Å². The topological polar surface area (TPSA) is 57.2 Å². The predicted octanol–water partition coefficient (Wildman–Crippen LogP) is -3.50. The minimum atomic E-state index is -1.57. The van der Waals surface area contributed by atoms with Gasteiger partial charge in [-0.05, 0) is 6.42 Å². The molecule has 0 aliphatic heterocycles. The summed E-state index contributed by atoms with van der Waals surface area (Å²) >= 11 is 0. The number of hydrogen-bond acceptors (Lipinski definition) is 3. The zero-order valence-electron chi connectivity index (χ0n) is 6.35. The number of Topliss-reactive ketones (excluding diaryl/α,β-unsaturated/α-hetero) is 1. The van der Waals surface area contributed by atoms with Crippen LogP contribution in [0, 0.1) is 0 Å². The fraction of sp³-hybridized carbons (Fsp3) is 0.667. The first-order valence-electron chi connectivity index (χ1n) is 2.92. The summed E-state index contributed by atoms with van der Waals surface area (Å²) in [4.78, 5) is 20.0. The molecule has 0 saturated carbocycles. The van der Waals surface area contributed by atoms with Crippen molar-refractivity contribution in [3.63, 3.8) is 0 Å². The van der Waals surface area contributed by atoms with Crippen molar-refractivity contribution in [3.05, 3.63) is 0 Å². The van der Waals surface area contributed by atoms with Gasteiger partial charge >= 0.3 is 51.4 Å². The molecule has 0 atom stereocenters. The number of unbranched alkanes of at least 4 members (excludes halogenated alkanes) is 1. The number of ketones is 1. The summed E-state index contributed by atoms with van der Waals surface area (Å²) in [5, 5.41) is 9.74. The van der Waals surface area contributed by atoms with E-state index in [2.05, 4.69) is 0 Å². The van der Waals surface area contributed by atoms with Gasteiger partial charge in [0.15, 0.2) is 5.78 Å². The van der Waals surface area contributed by atoms with Gasteiger partial charge in [-0.25, -0.2) is 0 Å². The Labute approximate surface area is 103 Å². The number of carboxylic acid groups (broad SMARTS) is 1. The van der Waals surface area contributed by atoms with E-state index < -0.39 is 11.8 Å². The Balaban J connectivity index is 0. The average molecular weight is 168 g/mol. The maximum atomic E-state index is 10.2. The van der Waals surface area contributed by atoms with Crippen LogP contribution in [0.3, 0.4) is 0 Å². The summed E-state index contributed by atoms with van der Waals surface area (Å²) in [6.07, 6.45) is 1.57. The van der Waals surface area contributed by atoms with Crippen LogP contribution in [0.15, 0.2) is 0 Å². The van der Waals surface area contributed by atoms with Crippen molar-refractivity contribution in [2.24, 2.45) is 0 Å². The van der Waals surface area contributed by atoms with Crippen LogP contribution in [-0.2, 0) is 9.59 Å². The van der Waals surface area contributed by atoms with E-state index in [0.717, 1.165) is 6.42 Å². The number of hydrogen-bond donors (Lipinski definition) is 0. The third-order valence-corrected chi connectivity index (χ3v) is 0.985. The molecule has 10 heavy (non-hydrogen) atoms. The van der Waals surface area contributed by atoms with Crippen LogP contribution in [0.2, 0.25) is 0 Å². The van der Waals surface area contributed by atoms with Gasteiger partial charge in [0, 0.05) is 6.42 Å². The first kappa shape index (κ1) is 13.4. The van der Waals surface area contributed by atoms with E-state index in [1.54, 1.807) is 0 Å². The molecule has 0 radical (unpaired) electrons. The molecule has 0 aromatic heterocycles. The molecule has 0 fully saturated rings. The molecule has 0 spiro atoms. The Kier molecular flexibility index (Phi) is 10.5. The Hall–Kier alpha value is 0.776. The van der Waals surface area contributed by atoms with E-state index in [9.17, 15) is 14.7 Å². The van der Waals surface area contributed by atoms with Crippen molar-refractivity contribution in [2.75, 3.05) is 0 Å². The molecule has 0 N–H and O–H groups in total. The Morgan fingerprint density at radius 2 is 1.90 bits per heavy atom. The summed E-state index contributed by atoms with van der Waals surface area (Å²) in [6, 6.07) is 0. The van der Waals surface area contributed by atoms with Crippen LogP contribution in [0.5, 0.6) is 0 Å². The number of carbonyl (C=O) groups is 2. The van der Waals surface area contributed by atoms with Crippen molar-refractivity contribution < 1.29 is 66.1 Å². The van der Waals surface area contributed by atoms with Gasteiger partial charge in [-0.15, -0.1) is 0 Å². The molecule has 0 aliphatic rings. The molecule has 3 nitrogen and oxygen atoms in total. The average Bonchev–Trinajstić information content (AvgIpc) is 1.82. The molecular weight excluding hydrogens is 159 g/mol. The molecule has 0 saturated heterocycles. The van der Waals surface area contributed by atoms with Crippen molar-refractivity contribution in [3.8, 4) is 0 Å². The number of rotatable bonds is 4. The van der Waals surface area contributed by atoms with Gasteiger partial charge < -0.3 is 9.90 Å². The molecular formula is C6H9KO3. The third kappa shape index (κ3) is 6.89. The van der Waals surface area contributed by atoms with Gasteiger partial charge in [0.1, 0.15) is 5.97 Å². The van der Waals surface area contributed by atoms with Crippen LogP contribution in [0.1, 0.15) is 26.2 Å². The summed E-state index contributed by atoms with van der Waals surface area (Å²) in [5.74, 6) is -2.36. The fourth-order valence-electron chi connectivity index (χ4n) is 0.439. The van der Waals surface area contributed by atoms with Crippen LogP contribution in [0.25, 0.3) is 0 Å². The maximum Gasteiger partial charge on any atom is 1.00 e. The summed E-state index contributed by atoms with van der Waals surface area (Å²) in [6.45, 7) is 1.89. The standard InChI is InChI=1S/C6H10O3.K/c1-2-3-4-5(7)6(8)9;/h2-4H2,1H3,(H,8,9);/q;+1/p-1. The van der Waals surface area contributed by atoms with Gasteiger partial charge in [0.05, 0.1) is 0 Å². The van der Waals surface area contributed by atoms with Gasteiger partial charge in [-0.2, -0.15) is 0 Å². The van der Waals surface area contributed by atoms with E-state index in [-0.39, 0.29) is 57.8 Å². The summed E-state index contributed by atoms with van der Waals surface area (Å²) in [5.41, 5.74) is 0. The molecule has 4 heteroatoms. The molecule has 0 bridgehead atoms. The minimum absolute atomic E-state index is 0. The second kappa shape index (κ2) is 7.88. The Bertz CT molecular complexity index is 122. The molecule has 0 aliphatic carbocycles. The van der Waals surface area contributed by atoms with E-state index in [4.69, 9.17) is 0 Å². The largest absolute Gasteiger partial charge is 1.00 e. The number of aliphatic carboxylic acids is 1. The quantitative estimate of drug-likeness (QED) is 0.323. The summed E-state index contributed by atoms with van der Waals surface area (Å²) in [7, 11) is 0. The molecule has 0 unspecified atom stereocenters. The third-order valence-electron chi connectivity index (χ3n) is 0.985. The number of carboxylic acids is 1. The molecule has 0 rings (SSSR count). The van der Waals surface area contributed by atoms with Crippen LogP contribution >= 0.6 is 0 Å². The van der Waals surface area contributed by atoms with Crippen LogP contribution in [-0.4, -0.2) is 11.8 Å². The SMILES string of the molecule is CCCCC(=O)C(=O)[O-].[K+]. The molecule has 52 valence electrons. The van der Waals surface area contributed by atoms with E-state index in [1.807, 2.05) is 6.92 Å². The van der Waals surface area contributed by atoms with Crippen molar-refractivity contribution >= 4 is 11.8 Å². The zero-order chi connectivity index (χ0) is 7.28. The fourth-order valence-corrected chi connectivity index (χ4v) is 0.439. The predicted molar refractivity (Wildman–Crippen MR) is 29.5 cm³/mol. The number of carbonyl (C=O) groups excluding carboxylic acids is 2. The smallest absolute Gasteiger partial charge is 0.542 e. The van der Waals surface area contributed by atoms with E-state index >= 15 is 0 Å². The van der Waals surface area contributed by atoms with Crippen molar-refractivity contribution in [1.29, 1.82) is 0 Å². The second-order valence-electron chi connectivity index (χ2n) is 1.81. The van der Waals surface area contributed by atoms with Gasteiger partial charge in [-0.3, -0.25) is 4.79 Å². The van der Waals surface area contributed by atoms with E-state index in [1.165, 1.54) is 0 Å². The van der Waals surface area contributed by atoms with E-state index in [0.29, 0.717) is 6.42 Å². The normalized spacial score (nSPS) is 8.10.